The third-order valence-electron chi connectivity index (χ3n) is 3.78. The summed E-state index contributed by atoms with van der Waals surface area (Å²) >= 11 is 0. The number of ether oxygens (including phenoxy) is 2. The minimum absolute atomic E-state index is 0.0147. The van der Waals surface area contributed by atoms with Crippen LogP contribution in [0.2, 0.25) is 0 Å². The molecule has 2 heterocycles. The lowest BCUT2D eigenvalue weighted by atomic mass is 10.0. The maximum Gasteiger partial charge on any atom is 0.410 e. The number of hydrogen-bond acceptors (Lipinski definition) is 5. The van der Waals surface area contributed by atoms with Crippen LogP contribution in [0.15, 0.2) is 18.3 Å². The molecule has 0 unspecified atom stereocenters. The zero-order valence-corrected chi connectivity index (χ0v) is 15.4. The summed E-state index contributed by atoms with van der Waals surface area (Å²) in [5.74, 6) is 0.140. The van der Waals surface area contributed by atoms with Crippen molar-refractivity contribution in [3.63, 3.8) is 0 Å². The third kappa shape index (κ3) is 5.62. The summed E-state index contributed by atoms with van der Waals surface area (Å²) in [4.78, 5) is 30.3. The van der Waals surface area contributed by atoms with Gasteiger partial charge in [-0.25, -0.2) is 9.78 Å². The Labute approximate surface area is 148 Å². The first-order valence-corrected chi connectivity index (χ1v) is 8.66. The van der Waals surface area contributed by atoms with Gasteiger partial charge in [0.1, 0.15) is 11.2 Å². The Morgan fingerprint density at radius 3 is 2.60 bits per heavy atom. The van der Waals surface area contributed by atoms with Crippen molar-refractivity contribution >= 4 is 12.0 Å². The minimum Gasteiger partial charge on any atom is -0.477 e. The number of piperidine rings is 1. The molecule has 0 spiro atoms. The van der Waals surface area contributed by atoms with Crippen molar-refractivity contribution in [2.45, 2.75) is 52.2 Å². The number of pyridine rings is 1. The smallest absolute Gasteiger partial charge is 0.410 e. The molecule has 0 radical (unpaired) electrons. The van der Waals surface area contributed by atoms with E-state index in [0.717, 1.165) is 0 Å². The van der Waals surface area contributed by atoms with Crippen LogP contribution in [-0.4, -0.2) is 53.2 Å². The molecule has 1 aromatic heterocycles. The Balaban J connectivity index is 1.88. The molecule has 2 rings (SSSR count). The normalized spacial score (nSPS) is 15.6. The van der Waals surface area contributed by atoms with Crippen molar-refractivity contribution in [2.75, 3.05) is 19.7 Å². The van der Waals surface area contributed by atoms with Crippen molar-refractivity contribution < 1.29 is 19.1 Å². The Kier molecular flexibility index (Phi) is 6.22. The van der Waals surface area contributed by atoms with Gasteiger partial charge in [-0.1, -0.05) is 0 Å². The van der Waals surface area contributed by atoms with E-state index in [4.69, 9.17) is 9.47 Å². The Hall–Kier alpha value is -2.31. The first kappa shape index (κ1) is 19.0. The van der Waals surface area contributed by atoms with Gasteiger partial charge < -0.3 is 19.7 Å². The first-order valence-electron chi connectivity index (χ1n) is 8.66. The molecule has 7 heteroatoms. The molecule has 0 saturated carbocycles. The number of nitrogens with one attached hydrogen (secondary N) is 1. The number of carbonyl (C=O) groups is 2. The van der Waals surface area contributed by atoms with Crippen molar-refractivity contribution in [3.8, 4) is 5.88 Å². The van der Waals surface area contributed by atoms with Crippen LogP contribution < -0.4 is 10.1 Å². The molecule has 0 aromatic carbocycles. The van der Waals surface area contributed by atoms with Gasteiger partial charge in [0, 0.05) is 25.3 Å². The summed E-state index contributed by atoms with van der Waals surface area (Å²) in [6, 6.07) is 3.42. The quantitative estimate of drug-likeness (QED) is 0.904. The van der Waals surface area contributed by atoms with Crippen LogP contribution in [0.5, 0.6) is 5.88 Å². The van der Waals surface area contributed by atoms with Gasteiger partial charge in [0.25, 0.3) is 5.91 Å². The molecule has 7 nitrogen and oxygen atoms in total. The van der Waals surface area contributed by atoms with E-state index < -0.39 is 5.60 Å². The summed E-state index contributed by atoms with van der Waals surface area (Å²) < 4.78 is 10.8. The molecule has 0 atom stereocenters. The standard InChI is InChI=1S/C18H27N3O4/c1-5-24-16-14(7-6-10-19-16)15(22)20-13-8-11-21(12-9-13)17(23)25-18(2,3)4/h6-7,10,13H,5,8-9,11-12H2,1-4H3,(H,20,22). The summed E-state index contributed by atoms with van der Waals surface area (Å²) in [5, 5.41) is 3.00. The third-order valence-corrected chi connectivity index (χ3v) is 3.78. The molecular formula is C18H27N3O4. The van der Waals surface area contributed by atoms with Gasteiger partial charge in [-0.05, 0) is 52.7 Å². The van der Waals surface area contributed by atoms with Crippen LogP contribution in [0.1, 0.15) is 50.9 Å². The molecule has 1 aliphatic rings. The molecule has 25 heavy (non-hydrogen) atoms. The number of amides is 2. The molecule has 1 aromatic rings. The minimum atomic E-state index is -0.502. The maximum atomic E-state index is 12.5. The number of aromatic nitrogens is 1. The maximum absolute atomic E-state index is 12.5. The fourth-order valence-corrected chi connectivity index (χ4v) is 2.61. The van der Waals surface area contributed by atoms with Gasteiger partial charge in [-0.3, -0.25) is 4.79 Å². The van der Waals surface area contributed by atoms with Crippen LogP contribution in [-0.2, 0) is 4.74 Å². The summed E-state index contributed by atoms with van der Waals surface area (Å²) in [6.07, 6.45) is 2.68. The first-order chi connectivity index (χ1) is 11.8. The number of likely N-dealkylation sites (tertiary alicyclic amines) is 1. The lowest BCUT2D eigenvalue weighted by Crippen LogP contribution is -2.47. The van der Waals surface area contributed by atoms with Gasteiger partial charge >= 0.3 is 6.09 Å². The topological polar surface area (TPSA) is 80.8 Å². The molecule has 0 aliphatic carbocycles. The monoisotopic (exact) mass is 349 g/mol. The molecule has 0 bridgehead atoms. The number of carbonyl (C=O) groups excluding carboxylic acids is 2. The van der Waals surface area contributed by atoms with Gasteiger partial charge in [0.2, 0.25) is 5.88 Å². The second kappa shape index (κ2) is 8.18. The van der Waals surface area contributed by atoms with E-state index in [1.165, 1.54) is 0 Å². The Bertz CT molecular complexity index is 605. The predicted molar refractivity (Wildman–Crippen MR) is 93.7 cm³/mol. The zero-order chi connectivity index (χ0) is 18.4. The average Bonchev–Trinajstić information content (AvgIpc) is 2.54. The van der Waals surface area contributed by atoms with Gasteiger partial charge in [-0.15, -0.1) is 0 Å². The van der Waals surface area contributed by atoms with E-state index in [-0.39, 0.29) is 18.0 Å². The van der Waals surface area contributed by atoms with Crippen LogP contribution >= 0.6 is 0 Å². The van der Waals surface area contributed by atoms with E-state index in [9.17, 15) is 9.59 Å². The lowest BCUT2D eigenvalue weighted by Gasteiger charge is -2.33. The molecule has 1 fully saturated rings. The van der Waals surface area contributed by atoms with Crippen molar-refractivity contribution in [1.29, 1.82) is 0 Å². The predicted octanol–water partition coefficient (Wildman–Crippen LogP) is 2.61. The van der Waals surface area contributed by atoms with E-state index in [1.54, 1.807) is 23.2 Å². The van der Waals surface area contributed by atoms with Crippen LogP contribution in [0, 0.1) is 0 Å². The number of rotatable bonds is 4. The zero-order valence-electron chi connectivity index (χ0n) is 15.4. The van der Waals surface area contributed by atoms with Crippen molar-refractivity contribution in [3.05, 3.63) is 23.9 Å². The highest BCUT2D eigenvalue weighted by Crippen LogP contribution is 2.18. The lowest BCUT2D eigenvalue weighted by molar-refractivity contribution is 0.0199. The van der Waals surface area contributed by atoms with E-state index >= 15 is 0 Å². The van der Waals surface area contributed by atoms with E-state index in [1.807, 2.05) is 27.7 Å². The number of hydrogen-bond donors (Lipinski definition) is 1. The van der Waals surface area contributed by atoms with Crippen LogP contribution in [0.4, 0.5) is 4.79 Å². The van der Waals surface area contributed by atoms with Gasteiger partial charge in [0.15, 0.2) is 0 Å². The van der Waals surface area contributed by atoms with Crippen molar-refractivity contribution in [1.82, 2.24) is 15.2 Å². The Morgan fingerprint density at radius 1 is 1.32 bits per heavy atom. The SMILES string of the molecule is CCOc1ncccc1C(=O)NC1CCN(C(=O)OC(C)(C)C)CC1. The van der Waals surface area contributed by atoms with Gasteiger partial charge in [0.05, 0.1) is 6.61 Å². The molecule has 1 aliphatic heterocycles. The van der Waals surface area contributed by atoms with Crippen molar-refractivity contribution in [2.24, 2.45) is 0 Å². The molecule has 2 amide bonds. The summed E-state index contributed by atoms with van der Waals surface area (Å²) in [5.41, 5.74) is -0.0723. The second-order valence-corrected chi connectivity index (χ2v) is 7.00. The molecule has 1 N–H and O–H groups in total. The summed E-state index contributed by atoms with van der Waals surface area (Å²) in [7, 11) is 0. The average molecular weight is 349 g/mol. The van der Waals surface area contributed by atoms with Crippen LogP contribution in [0.25, 0.3) is 0 Å². The Morgan fingerprint density at radius 2 is 2.00 bits per heavy atom. The fraction of sp³-hybridized carbons (Fsp3) is 0.611. The molecule has 138 valence electrons. The largest absolute Gasteiger partial charge is 0.477 e. The highest BCUT2D eigenvalue weighted by atomic mass is 16.6. The highest BCUT2D eigenvalue weighted by Gasteiger charge is 2.28. The van der Waals surface area contributed by atoms with E-state index in [2.05, 4.69) is 10.3 Å². The highest BCUT2D eigenvalue weighted by molar-refractivity contribution is 5.96. The van der Waals surface area contributed by atoms with Crippen LogP contribution in [0.3, 0.4) is 0 Å². The summed E-state index contributed by atoms with van der Waals surface area (Å²) in [6.45, 7) is 8.97. The van der Waals surface area contributed by atoms with E-state index in [0.29, 0.717) is 44.0 Å². The number of nitrogens with zero attached hydrogens (tertiary/aromatic N) is 2. The second-order valence-electron chi connectivity index (χ2n) is 7.00. The molecule has 1 saturated heterocycles. The fourth-order valence-electron chi connectivity index (χ4n) is 2.61. The molecular weight excluding hydrogens is 322 g/mol. The van der Waals surface area contributed by atoms with Gasteiger partial charge in [-0.2, -0.15) is 0 Å².